The van der Waals surface area contributed by atoms with Crippen LogP contribution in [0.2, 0.25) is 0 Å². The largest absolute Gasteiger partial charge is 0.277 e. The highest BCUT2D eigenvalue weighted by Gasteiger charge is 2.24. The molecule has 0 saturated carbocycles. The van der Waals surface area contributed by atoms with Crippen LogP contribution in [-0.2, 0) is 0 Å². The summed E-state index contributed by atoms with van der Waals surface area (Å²) in [5.74, 6) is -0.785. The highest BCUT2D eigenvalue weighted by Crippen LogP contribution is 2.23. The molecule has 1 rings (SSSR count). The summed E-state index contributed by atoms with van der Waals surface area (Å²) in [6.07, 6.45) is 0. The lowest BCUT2D eigenvalue weighted by Crippen LogP contribution is -2.46. The van der Waals surface area contributed by atoms with Gasteiger partial charge >= 0.3 is 0 Å². The van der Waals surface area contributed by atoms with Crippen LogP contribution in [0.4, 0.5) is 11.4 Å². The monoisotopic (exact) mass is 316 g/mol. The molecule has 0 heterocycles. The third-order valence-corrected chi connectivity index (χ3v) is 2.97. The molecule has 1 aromatic carbocycles. The van der Waals surface area contributed by atoms with Crippen molar-refractivity contribution < 1.29 is 14.6 Å². The minimum absolute atomic E-state index is 0.231. The van der Waals surface area contributed by atoms with Crippen molar-refractivity contribution in [3.05, 3.63) is 44.0 Å². The molecule has 1 amide bonds. The van der Waals surface area contributed by atoms with Crippen molar-refractivity contribution in [3.8, 4) is 0 Å². The zero-order valence-corrected chi connectivity index (χ0v) is 12.2. The number of carbonyl (C=O) groups excluding carboxylic acids is 1. The molecule has 0 radical (unpaired) electrons. The van der Waals surface area contributed by atoms with Crippen molar-refractivity contribution in [3.63, 3.8) is 0 Å². The van der Waals surface area contributed by atoms with Gasteiger partial charge in [-0.25, -0.2) is 0 Å². The molecule has 0 saturated heterocycles. The molecule has 0 atom stereocenters. The van der Waals surface area contributed by atoms with Gasteiger partial charge in [0.1, 0.15) is 0 Å². The van der Waals surface area contributed by atoms with E-state index >= 15 is 0 Å². The number of rotatable bonds is 4. The van der Waals surface area contributed by atoms with Crippen LogP contribution in [0.3, 0.4) is 0 Å². The normalized spacial score (nSPS) is 11.3. The van der Waals surface area contributed by atoms with E-state index in [0.717, 1.165) is 22.7 Å². The van der Waals surface area contributed by atoms with E-state index in [4.69, 9.17) is 11.8 Å². The summed E-state index contributed by atoms with van der Waals surface area (Å²) in [6, 6.07) is 2.66. The van der Waals surface area contributed by atoms with Gasteiger partial charge in [-0.2, -0.15) is 0 Å². The van der Waals surface area contributed by atoms with Gasteiger partial charge < -0.3 is 0 Å². The minimum atomic E-state index is -0.813. The van der Waals surface area contributed by atoms with Crippen LogP contribution in [0.15, 0.2) is 18.2 Å². The van der Waals surface area contributed by atoms with Crippen LogP contribution in [0.5, 0.6) is 0 Å². The molecule has 21 heavy (non-hydrogen) atoms. The summed E-state index contributed by atoms with van der Waals surface area (Å²) in [7, 11) is 0. The van der Waals surface area contributed by atoms with Crippen LogP contribution in [0, 0.1) is 20.2 Å². The fraction of sp³-hybridized carbons (Fsp3) is 0.364. The zero-order valence-electron chi connectivity index (χ0n) is 11.5. The lowest BCUT2D eigenvalue weighted by atomic mass is 10.1. The maximum Gasteiger partial charge on any atom is 0.277 e. The Bertz CT molecular complexity index is 567. The molecule has 0 spiro atoms. The molecule has 9 nitrogen and oxygen atoms in total. The number of non-ortho nitro benzene ring substituents is 2. The Morgan fingerprint density at radius 1 is 1.14 bits per heavy atom. The summed E-state index contributed by atoms with van der Waals surface area (Å²) < 4.78 is 0.986. The standard InChI is InChI=1S/C11H13ClN4O5/c1-11(2,3)16(12)13-10(17)7-4-8(14(18)19)6-9(5-7)15(20)21/h4-6H,1-3H3,(H,13,17). The number of carbonyl (C=O) groups is 1. The van der Waals surface area contributed by atoms with E-state index in [1.165, 1.54) is 0 Å². The quantitative estimate of drug-likeness (QED) is 0.517. The van der Waals surface area contributed by atoms with E-state index in [2.05, 4.69) is 5.43 Å². The number of halogens is 1. The number of hydrogen-bond donors (Lipinski definition) is 1. The summed E-state index contributed by atoms with van der Waals surface area (Å²) in [6.45, 7) is 5.16. The first-order chi connectivity index (χ1) is 9.52. The number of amides is 1. The van der Waals surface area contributed by atoms with Crippen molar-refractivity contribution in [1.29, 1.82) is 0 Å². The van der Waals surface area contributed by atoms with Crippen molar-refractivity contribution in [2.45, 2.75) is 26.3 Å². The molecule has 0 bridgehead atoms. The first kappa shape index (κ1) is 16.8. The zero-order chi connectivity index (χ0) is 16.4. The number of nitro groups is 2. The maximum absolute atomic E-state index is 12.0. The highest BCUT2D eigenvalue weighted by atomic mass is 35.5. The first-order valence-corrected chi connectivity index (χ1v) is 6.07. The van der Waals surface area contributed by atoms with Gasteiger partial charge in [0.2, 0.25) is 0 Å². The van der Waals surface area contributed by atoms with Crippen LogP contribution in [0.25, 0.3) is 0 Å². The average molecular weight is 317 g/mol. The predicted molar refractivity (Wildman–Crippen MR) is 74.7 cm³/mol. The Kier molecular flexibility index (Phi) is 4.81. The SMILES string of the molecule is CC(C)(C)N(Cl)NC(=O)c1cc([N+](=O)[O-])cc([N+](=O)[O-])c1. The second kappa shape index (κ2) is 6.02. The highest BCUT2D eigenvalue weighted by molar-refractivity contribution is 6.14. The fourth-order valence-electron chi connectivity index (χ4n) is 1.26. The third kappa shape index (κ3) is 4.36. The van der Waals surface area contributed by atoms with E-state index < -0.39 is 32.7 Å². The second-order valence-corrected chi connectivity index (χ2v) is 5.48. The Morgan fingerprint density at radius 2 is 1.57 bits per heavy atom. The Balaban J connectivity index is 3.14. The summed E-state index contributed by atoms with van der Waals surface area (Å²) in [5, 5.41) is 21.5. The first-order valence-electron chi connectivity index (χ1n) is 5.73. The van der Waals surface area contributed by atoms with Crippen molar-refractivity contribution >= 4 is 29.1 Å². The molecule has 0 fully saturated rings. The minimum Gasteiger partial charge on any atom is -0.270 e. The lowest BCUT2D eigenvalue weighted by Gasteiger charge is -2.28. The van der Waals surface area contributed by atoms with Gasteiger partial charge in [-0.15, -0.1) is 4.53 Å². The average Bonchev–Trinajstić information content (AvgIpc) is 2.36. The number of hydrazine groups is 1. The predicted octanol–water partition coefficient (Wildman–Crippen LogP) is 2.40. The van der Waals surface area contributed by atoms with Crippen LogP contribution < -0.4 is 5.43 Å². The number of benzene rings is 1. The van der Waals surface area contributed by atoms with Gasteiger partial charge in [-0.1, -0.05) is 0 Å². The van der Waals surface area contributed by atoms with Crippen LogP contribution in [-0.4, -0.2) is 25.8 Å². The van der Waals surface area contributed by atoms with Gasteiger partial charge in [0, 0.05) is 29.4 Å². The van der Waals surface area contributed by atoms with Crippen molar-refractivity contribution in [2.75, 3.05) is 0 Å². The van der Waals surface area contributed by atoms with E-state index in [1.54, 1.807) is 20.8 Å². The van der Waals surface area contributed by atoms with E-state index in [9.17, 15) is 25.0 Å². The van der Waals surface area contributed by atoms with E-state index in [-0.39, 0.29) is 5.56 Å². The lowest BCUT2D eigenvalue weighted by molar-refractivity contribution is -0.394. The summed E-state index contributed by atoms with van der Waals surface area (Å²) in [4.78, 5) is 31.8. The van der Waals surface area contributed by atoms with Gasteiger partial charge in [0.25, 0.3) is 17.3 Å². The molecule has 0 unspecified atom stereocenters. The Labute approximate surface area is 124 Å². The molecule has 1 N–H and O–H groups in total. The summed E-state index contributed by atoms with van der Waals surface area (Å²) in [5.41, 5.74) is 0.345. The van der Waals surface area contributed by atoms with Crippen molar-refractivity contribution in [2.24, 2.45) is 0 Å². The van der Waals surface area contributed by atoms with Gasteiger partial charge in [0.15, 0.2) is 0 Å². The van der Waals surface area contributed by atoms with E-state index in [1.807, 2.05) is 0 Å². The molecule has 10 heteroatoms. The van der Waals surface area contributed by atoms with Crippen molar-refractivity contribution in [1.82, 2.24) is 9.95 Å². The van der Waals surface area contributed by atoms with Crippen LogP contribution in [0.1, 0.15) is 31.1 Å². The number of nitrogens with zero attached hydrogens (tertiary/aromatic N) is 3. The fourth-order valence-corrected chi connectivity index (χ4v) is 1.34. The maximum atomic E-state index is 12.0. The topological polar surface area (TPSA) is 119 Å². The molecule has 0 aromatic heterocycles. The number of nitrogens with one attached hydrogen (secondary N) is 1. The molecule has 1 aromatic rings. The molecule has 0 aliphatic rings. The molecule has 114 valence electrons. The van der Waals surface area contributed by atoms with Gasteiger partial charge in [0.05, 0.1) is 21.5 Å². The molecule has 0 aliphatic carbocycles. The number of hydrogen-bond acceptors (Lipinski definition) is 6. The third-order valence-electron chi connectivity index (χ3n) is 2.38. The Morgan fingerprint density at radius 3 is 1.90 bits per heavy atom. The molecule has 0 aliphatic heterocycles. The van der Waals surface area contributed by atoms with Gasteiger partial charge in [-0.3, -0.25) is 30.4 Å². The van der Waals surface area contributed by atoms with Gasteiger partial charge in [-0.05, 0) is 20.8 Å². The molecular formula is C11H13ClN4O5. The Hall–Kier alpha value is -2.26. The smallest absolute Gasteiger partial charge is 0.270 e. The number of nitro benzene ring substituents is 2. The molecular weight excluding hydrogens is 304 g/mol. The second-order valence-electron chi connectivity index (χ2n) is 5.14. The summed E-state index contributed by atoms with van der Waals surface area (Å²) >= 11 is 5.84. The van der Waals surface area contributed by atoms with Crippen LogP contribution >= 0.6 is 11.8 Å². The van der Waals surface area contributed by atoms with E-state index in [0.29, 0.717) is 0 Å².